The van der Waals surface area contributed by atoms with Gasteiger partial charge >= 0.3 is 0 Å². The van der Waals surface area contributed by atoms with Crippen LogP contribution < -0.4 is 0 Å². The van der Waals surface area contributed by atoms with Crippen molar-refractivity contribution in [2.75, 3.05) is 0 Å². The van der Waals surface area contributed by atoms with E-state index in [0.717, 1.165) is 34.4 Å². The molecule has 0 saturated heterocycles. The molecule has 1 heterocycles. The van der Waals surface area contributed by atoms with E-state index in [9.17, 15) is 4.79 Å². The van der Waals surface area contributed by atoms with Gasteiger partial charge in [-0.05, 0) is 39.3 Å². The zero-order chi connectivity index (χ0) is 18.2. The van der Waals surface area contributed by atoms with Crippen molar-refractivity contribution in [3.8, 4) is 0 Å². The molecule has 1 atom stereocenters. The number of aryl methyl sites for hydroxylation is 1. The molecule has 0 saturated carbocycles. The highest BCUT2D eigenvalue weighted by Crippen LogP contribution is 2.34. The Labute approximate surface area is 142 Å². The Bertz CT molecular complexity index is 584. The zero-order valence-electron chi connectivity index (χ0n) is 15.6. The van der Waals surface area contributed by atoms with Gasteiger partial charge in [-0.3, -0.25) is 4.79 Å². The van der Waals surface area contributed by atoms with Gasteiger partial charge in [0, 0.05) is 16.8 Å². The first-order chi connectivity index (χ1) is 10.8. The molecule has 1 aliphatic rings. The molecule has 1 aromatic rings. The zero-order valence-corrected chi connectivity index (χ0v) is 15.6. The standard InChI is InChI=1S/C15H17NO.C4H8.C2H6/c1-9(2)11(4)16-12(5)14-8-10(3)6-7-13(14)15(16)17;1-3-4-2;1-2/h6-8,11H,1,5H2,2-4H3;3H,1,4H2,2H3;1-2H3. The summed E-state index contributed by atoms with van der Waals surface area (Å²) in [6.45, 7) is 23.4. The third kappa shape index (κ3) is 4.95. The maximum absolute atomic E-state index is 12.3. The van der Waals surface area contributed by atoms with Crippen molar-refractivity contribution in [1.82, 2.24) is 4.90 Å². The summed E-state index contributed by atoms with van der Waals surface area (Å²) in [5, 5.41) is 0. The highest BCUT2D eigenvalue weighted by molar-refractivity contribution is 6.09. The van der Waals surface area contributed by atoms with Crippen LogP contribution in [0.2, 0.25) is 0 Å². The maximum Gasteiger partial charge on any atom is 0.259 e. The number of carbonyl (C=O) groups excluding carboxylic acids is 1. The summed E-state index contributed by atoms with van der Waals surface area (Å²) in [6, 6.07) is 5.84. The molecule has 23 heavy (non-hydrogen) atoms. The first-order valence-electron chi connectivity index (χ1n) is 8.24. The first kappa shape index (κ1) is 20.9. The fourth-order valence-electron chi connectivity index (χ4n) is 2.10. The van der Waals surface area contributed by atoms with E-state index in [0.29, 0.717) is 0 Å². The van der Waals surface area contributed by atoms with E-state index in [-0.39, 0.29) is 11.9 Å². The Morgan fingerprint density at radius 3 is 2.26 bits per heavy atom. The molecule has 1 aromatic carbocycles. The molecule has 1 unspecified atom stereocenters. The second-order valence-electron chi connectivity index (χ2n) is 5.39. The molecule has 0 spiro atoms. The van der Waals surface area contributed by atoms with Gasteiger partial charge < -0.3 is 4.90 Å². The molecule has 0 fully saturated rings. The summed E-state index contributed by atoms with van der Waals surface area (Å²) >= 11 is 0. The lowest BCUT2D eigenvalue weighted by Crippen LogP contribution is -2.32. The SMILES string of the molecule is C=C(C)C(C)N1C(=C)c2cc(C)ccc2C1=O.C=CCC.CC. The van der Waals surface area contributed by atoms with Gasteiger partial charge in [-0.1, -0.05) is 57.2 Å². The minimum atomic E-state index is -0.0114. The van der Waals surface area contributed by atoms with Gasteiger partial charge in [-0.25, -0.2) is 0 Å². The molecule has 1 amide bonds. The molecule has 1 aliphatic heterocycles. The lowest BCUT2D eigenvalue weighted by Gasteiger charge is -2.25. The maximum atomic E-state index is 12.3. The number of allylic oxidation sites excluding steroid dienone is 1. The normalized spacial score (nSPS) is 13.2. The molecule has 0 aromatic heterocycles. The second kappa shape index (κ2) is 9.83. The largest absolute Gasteiger partial charge is 0.301 e. The lowest BCUT2D eigenvalue weighted by molar-refractivity contribution is 0.0827. The summed E-state index contributed by atoms with van der Waals surface area (Å²) in [5.74, 6) is 0.0282. The van der Waals surface area contributed by atoms with Crippen molar-refractivity contribution in [1.29, 1.82) is 0 Å². The Hall–Kier alpha value is -2.09. The average Bonchev–Trinajstić information content (AvgIpc) is 2.79. The lowest BCUT2D eigenvalue weighted by atomic mass is 10.1. The predicted octanol–water partition coefficient (Wildman–Crippen LogP) is 5.99. The third-order valence-corrected chi connectivity index (χ3v) is 3.62. The van der Waals surface area contributed by atoms with Crippen LogP contribution in [0, 0.1) is 6.92 Å². The minimum Gasteiger partial charge on any atom is -0.301 e. The highest BCUT2D eigenvalue weighted by Gasteiger charge is 2.34. The predicted molar refractivity (Wildman–Crippen MR) is 102 cm³/mol. The van der Waals surface area contributed by atoms with E-state index >= 15 is 0 Å². The molecular weight excluding hydrogens is 282 g/mol. The van der Waals surface area contributed by atoms with Gasteiger partial charge in [0.15, 0.2) is 0 Å². The molecule has 2 rings (SSSR count). The van der Waals surface area contributed by atoms with Gasteiger partial charge in [0.05, 0.1) is 6.04 Å². The van der Waals surface area contributed by atoms with Crippen molar-refractivity contribution >= 4 is 11.6 Å². The number of fused-ring (bicyclic) bond motifs is 1. The van der Waals surface area contributed by atoms with Crippen LogP contribution in [0.25, 0.3) is 5.70 Å². The Kier molecular flexibility index (Phi) is 8.94. The summed E-state index contributed by atoms with van der Waals surface area (Å²) in [7, 11) is 0. The van der Waals surface area contributed by atoms with Crippen LogP contribution in [0.15, 0.2) is 49.6 Å². The Morgan fingerprint density at radius 1 is 1.30 bits per heavy atom. The van der Waals surface area contributed by atoms with E-state index in [1.807, 2.05) is 58.9 Å². The Balaban J connectivity index is 0.000000705. The Morgan fingerprint density at radius 2 is 1.83 bits per heavy atom. The number of benzene rings is 1. The average molecular weight is 313 g/mol. The number of amides is 1. The molecular formula is C21H31NO. The van der Waals surface area contributed by atoms with Crippen molar-refractivity contribution in [3.63, 3.8) is 0 Å². The molecule has 0 radical (unpaired) electrons. The highest BCUT2D eigenvalue weighted by atomic mass is 16.2. The summed E-state index contributed by atoms with van der Waals surface area (Å²) in [4.78, 5) is 14.0. The summed E-state index contributed by atoms with van der Waals surface area (Å²) in [6.07, 6.45) is 2.96. The van der Waals surface area contributed by atoms with E-state index in [2.05, 4.69) is 26.7 Å². The molecule has 126 valence electrons. The minimum absolute atomic E-state index is 0.0114. The van der Waals surface area contributed by atoms with E-state index in [1.165, 1.54) is 0 Å². The van der Waals surface area contributed by atoms with Crippen LogP contribution >= 0.6 is 0 Å². The van der Waals surface area contributed by atoms with Crippen LogP contribution in [0.5, 0.6) is 0 Å². The summed E-state index contributed by atoms with van der Waals surface area (Å²) in [5.41, 5.74) is 4.58. The molecule has 2 nitrogen and oxygen atoms in total. The number of hydrogen-bond donors (Lipinski definition) is 0. The van der Waals surface area contributed by atoms with Gasteiger partial charge in [-0.15, -0.1) is 6.58 Å². The molecule has 0 aliphatic carbocycles. The fraction of sp³-hybridized carbons (Fsp3) is 0.381. The van der Waals surface area contributed by atoms with Crippen molar-refractivity contribution < 1.29 is 4.79 Å². The van der Waals surface area contributed by atoms with Gasteiger partial charge in [-0.2, -0.15) is 0 Å². The van der Waals surface area contributed by atoms with Crippen molar-refractivity contribution in [3.05, 3.63) is 66.3 Å². The first-order valence-corrected chi connectivity index (χ1v) is 8.24. The number of hydrogen-bond acceptors (Lipinski definition) is 1. The topological polar surface area (TPSA) is 20.3 Å². The molecule has 0 N–H and O–H groups in total. The van der Waals surface area contributed by atoms with E-state index < -0.39 is 0 Å². The smallest absolute Gasteiger partial charge is 0.259 e. The second-order valence-corrected chi connectivity index (χ2v) is 5.39. The van der Waals surface area contributed by atoms with Crippen LogP contribution in [0.1, 0.15) is 62.5 Å². The summed E-state index contributed by atoms with van der Waals surface area (Å²) < 4.78 is 0. The van der Waals surface area contributed by atoms with Crippen LogP contribution in [0.4, 0.5) is 0 Å². The van der Waals surface area contributed by atoms with Crippen molar-refractivity contribution in [2.45, 2.75) is 54.0 Å². The number of rotatable bonds is 3. The van der Waals surface area contributed by atoms with Crippen molar-refractivity contribution in [2.24, 2.45) is 0 Å². The monoisotopic (exact) mass is 313 g/mol. The van der Waals surface area contributed by atoms with Gasteiger partial charge in [0.25, 0.3) is 5.91 Å². The third-order valence-electron chi connectivity index (χ3n) is 3.62. The number of carbonyl (C=O) groups is 1. The van der Waals surface area contributed by atoms with Gasteiger partial charge in [0.1, 0.15) is 0 Å². The van der Waals surface area contributed by atoms with Crippen LogP contribution in [-0.4, -0.2) is 16.8 Å². The van der Waals surface area contributed by atoms with Crippen LogP contribution in [0.3, 0.4) is 0 Å². The molecule has 2 heteroatoms. The van der Waals surface area contributed by atoms with E-state index in [1.54, 1.807) is 4.90 Å². The fourth-order valence-corrected chi connectivity index (χ4v) is 2.10. The molecule has 0 bridgehead atoms. The quantitative estimate of drug-likeness (QED) is 0.627. The van der Waals surface area contributed by atoms with E-state index in [4.69, 9.17) is 0 Å². The van der Waals surface area contributed by atoms with Gasteiger partial charge in [0.2, 0.25) is 0 Å². The number of nitrogens with zero attached hydrogens (tertiary/aromatic N) is 1. The van der Waals surface area contributed by atoms with Crippen LogP contribution in [-0.2, 0) is 0 Å².